The van der Waals surface area contributed by atoms with Crippen LogP contribution in [0.1, 0.15) is 32.1 Å². The van der Waals surface area contributed by atoms with Crippen LogP contribution in [0.25, 0.3) is 0 Å². The van der Waals surface area contributed by atoms with Gasteiger partial charge in [-0.3, -0.25) is 9.59 Å². The molecule has 1 heterocycles. The molecule has 0 aliphatic carbocycles. The Morgan fingerprint density at radius 1 is 1.19 bits per heavy atom. The fourth-order valence-corrected chi connectivity index (χ4v) is 2.87. The van der Waals surface area contributed by atoms with E-state index in [0.29, 0.717) is 12.8 Å². The Hall–Kier alpha value is -1.01. The molecule has 1 saturated heterocycles. The number of aliphatic hydroxyl groups excluding tert-OH is 4. The molecule has 0 saturated carbocycles. The number of carboxylic acids is 1. The Morgan fingerprint density at radius 3 is 2.41 bits per heavy atom. The number of ether oxygens (including phenoxy) is 1. The van der Waals surface area contributed by atoms with Crippen LogP contribution in [0.4, 0.5) is 0 Å². The van der Waals surface area contributed by atoms with Crippen LogP contribution in [0.5, 0.6) is 0 Å². The van der Waals surface area contributed by atoms with Crippen molar-refractivity contribution in [1.82, 2.24) is 4.90 Å². The van der Waals surface area contributed by atoms with E-state index in [1.165, 1.54) is 4.90 Å². The van der Waals surface area contributed by atoms with Gasteiger partial charge in [0.05, 0.1) is 19.1 Å². The summed E-state index contributed by atoms with van der Waals surface area (Å²) in [5.74, 6) is -1.84. The maximum Gasteiger partial charge on any atom is 0.305 e. The van der Waals surface area contributed by atoms with E-state index in [1.807, 2.05) is 0 Å². The number of hydrogen-bond donors (Lipinski definition) is 6. The standard InChI is InChI=1S/C16H30N2O8.ClH/c17-10(7-13(22)23)16(25)18-5-3-1-2-4-6-26-15(12(21)9-19)14(24)11(20)8-18;/h10-12,14-15,19-21,24H,1-9,17H2,(H,22,23);1H/t10-,11-,12+,14+,15+;/m0./s1. The van der Waals surface area contributed by atoms with E-state index in [4.69, 9.17) is 20.7 Å². The molecule has 1 rings (SSSR count). The van der Waals surface area contributed by atoms with Gasteiger partial charge in [-0.25, -0.2) is 0 Å². The van der Waals surface area contributed by atoms with Crippen LogP contribution in [0.3, 0.4) is 0 Å². The topological polar surface area (TPSA) is 174 Å². The molecule has 1 aliphatic heterocycles. The number of amides is 1. The molecule has 0 aromatic carbocycles. The van der Waals surface area contributed by atoms with Crippen molar-refractivity contribution in [3.8, 4) is 0 Å². The molecule has 0 bridgehead atoms. The first-order valence-corrected chi connectivity index (χ1v) is 8.80. The summed E-state index contributed by atoms with van der Waals surface area (Å²) in [5, 5.41) is 48.3. The van der Waals surface area contributed by atoms with Crippen LogP contribution >= 0.6 is 12.4 Å². The van der Waals surface area contributed by atoms with Crippen molar-refractivity contribution in [3.05, 3.63) is 0 Å². The van der Waals surface area contributed by atoms with E-state index in [9.17, 15) is 24.9 Å². The Labute approximate surface area is 164 Å². The highest BCUT2D eigenvalue weighted by molar-refractivity contribution is 5.86. The van der Waals surface area contributed by atoms with Crippen LogP contribution < -0.4 is 5.73 Å². The predicted octanol–water partition coefficient (Wildman–Crippen LogP) is -1.93. The normalized spacial score (nSPS) is 27.4. The Balaban J connectivity index is 0.00000676. The van der Waals surface area contributed by atoms with Gasteiger partial charge < -0.3 is 40.9 Å². The number of nitrogens with two attached hydrogens (primary N) is 1. The molecule has 0 spiro atoms. The molecule has 0 aromatic rings. The molecule has 5 atom stereocenters. The fourth-order valence-electron chi connectivity index (χ4n) is 2.87. The number of aliphatic hydroxyl groups is 4. The minimum absolute atomic E-state index is 0. The predicted molar refractivity (Wildman–Crippen MR) is 97.4 cm³/mol. The molecular weight excluding hydrogens is 384 g/mol. The van der Waals surface area contributed by atoms with E-state index in [0.717, 1.165) is 12.8 Å². The van der Waals surface area contributed by atoms with Gasteiger partial charge in [0.25, 0.3) is 0 Å². The van der Waals surface area contributed by atoms with E-state index in [1.54, 1.807) is 0 Å². The second-order valence-electron chi connectivity index (χ2n) is 6.55. The zero-order chi connectivity index (χ0) is 19.7. The summed E-state index contributed by atoms with van der Waals surface area (Å²) in [6.45, 7) is -0.409. The van der Waals surface area contributed by atoms with Gasteiger partial charge in [-0.2, -0.15) is 0 Å². The lowest BCUT2D eigenvalue weighted by Crippen LogP contribution is -2.54. The van der Waals surface area contributed by atoms with Gasteiger partial charge in [-0.1, -0.05) is 12.8 Å². The lowest BCUT2D eigenvalue weighted by molar-refractivity contribution is -0.153. The second-order valence-corrected chi connectivity index (χ2v) is 6.55. The number of carbonyl (C=O) groups excluding carboxylic acids is 1. The number of carboxylic acid groups (broad SMARTS) is 1. The summed E-state index contributed by atoms with van der Waals surface area (Å²) in [5.41, 5.74) is 5.63. The van der Waals surface area contributed by atoms with Crippen molar-refractivity contribution in [1.29, 1.82) is 0 Å². The van der Waals surface area contributed by atoms with Crippen molar-refractivity contribution in [2.24, 2.45) is 5.73 Å². The molecule has 160 valence electrons. The van der Waals surface area contributed by atoms with E-state index >= 15 is 0 Å². The second kappa shape index (κ2) is 13.2. The van der Waals surface area contributed by atoms with Gasteiger partial charge in [0, 0.05) is 19.7 Å². The molecule has 0 unspecified atom stereocenters. The number of hydrogen-bond acceptors (Lipinski definition) is 8. The monoisotopic (exact) mass is 414 g/mol. The van der Waals surface area contributed by atoms with E-state index in [-0.39, 0.29) is 32.1 Å². The van der Waals surface area contributed by atoms with Crippen molar-refractivity contribution in [2.45, 2.75) is 62.6 Å². The minimum atomic E-state index is -1.54. The van der Waals surface area contributed by atoms with Crippen molar-refractivity contribution >= 4 is 24.3 Å². The van der Waals surface area contributed by atoms with E-state index in [2.05, 4.69) is 0 Å². The minimum Gasteiger partial charge on any atom is -0.481 e. The third-order valence-electron chi connectivity index (χ3n) is 4.36. The first-order chi connectivity index (χ1) is 12.3. The summed E-state index contributed by atoms with van der Waals surface area (Å²) >= 11 is 0. The van der Waals surface area contributed by atoms with Crippen LogP contribution in [0, 0.1) is 0 Å². The third kappa shape index (κ3) is 8.69. The number of aliphatic carboxylic acids is 1. The summed E-state index contributed by atoms with van der Waals surface area (Å²) in [6, 6.07) is -1.25. The van der Waals surface area contributed by atoms with Crippen LogP contribution in [-0.4, -0.2) is 99.1 Å². The summed E-state index contributed by atoms with van der Waals surface area (Å²) in [6.07, 6.45) is -3.26. The molecule has 10 nitrogen and oxygen atoms in total. The average Bonchev–Trinajstić information content (AvgIpc) is 2.59. The summed E-state index contributed by atoms with van der Waals surface area (Å²) < 4.78 is 5.42. The van der Waals surface area contributed by atoms with Crippen LogP contribution in [0.2, 0.25) is 0 Å². The molecule has 0 radical (unpaired) electrons. The molecular formula is C16H31ClN2O8. The first-order valence-electron chi connectivity index (χ1n) is 8.80. The third-order valence-corrected chi connectivity index (χ3v) is 4.36. The number of β-amino-alcohol motifs (C(OH)–C–C–N with tert-alkyl or cyclic N) is 1. The van der Waals surface area contributed by atoms with Gasteiger partial charge in [0.15, 0.2) is 0 Å². The van der Waals surface area contributed by atoms with Gasteiger partial charge in [0.2, 0.25) is 5.91 Å². The summed E-state index contributed by atoms with van der Waals surface area (Å²) in [7, 11) is 0. The number of halogens is 1. The molecule has 1 fully saturated rings. The van der Waals surface area contributed by atoms with E-state index < -0.39 is 55.4 Å². The molecule has 0 aromatic heterocycles. The fraction of sp³-hybridized carbons (Fsp3) is 0.875. The molecule has 7 N–H and O–H groups in total. The SMILES string of the molecule is Cl.N[C@@H](CC(=O)O)C(=O)N1CCCCCCO[C@H]([C@H](O)CO)[C@H](O)[C@@H](O)C1. The Kier molecular flexibility index (Phi) is 12.7. The molecule has 1 amide bonds. The highest BCUT2D eigenvalue weighted by atomic mass is 35.5. The van der Waals surface area contributed by atoms with Crippen LogP contribution in [-0.2, 0) is 14.3 Å². The Bertz CT molecular complexity index is 456. The van der Waals surface area contributed by atoms with Crippen LogP contribution in [0.15, 0.2) is 0 Å². The lowest BCUT2D eigenvalue weighted by atomic mass is 10.0. The molecule has 11 heteroatoms. The number of carbonyl (C=O) groups is 2. The van der Waals surface area contributed by atoms with Crippen molar-refractivity contribution in [2.75, 3.05) is 26.3 Å². The largest absolute Gasteiger partial charge is 0.481 e. The highest BCUT2D eigenvalue weighted by Gasteiger charge is 2.35. The number of rotatable bonds is 5. The smallest absolute Gasteiger partial charge is 0.305 e. The zero-order valence-corrected chi connectivity index (χ0v) is 16.0. The van der Waals surface area contributed by atoms with Gasteiger partial charge >= 0.3 is 5.97 Å². The molecule has 27 heavy (non-hydrogen) atoms. The zero-order valence-electron chi connectivity index (χ0n) is 15.1. The lowest BCUT2D eigenvalue weighted by Gasteiger charge is -2.34. The van der Waals surface area contributed by atoms with Gasteiger partial charge in [-0.15, -0.1) is 12.4 Å². The summed E-state index contributed by atoms with van der Waals surface area (Å²) in [4.78, 5) is 24.4. The number of nitrogens with zero attached hydrogens (tertiary/aromatic N) is 1. The van der Waals surface area contributed by atoms with Gasteiger partial charge in [0.1, 0.15) is 24.4 Å². The Morgan fingerprint density at radius 2 is 1.81 bits per heavy atom. The average molecular weight is 415 g/mol. The first kappa shape index (κ1) is 26.0. The maximum absolute atomic E-state index is 12.4. The molecule has 1 aliphatic rings. The van der Waals surface area contributed by atoms with Gasteiger partial charge in [-0.05, 0) is 12.8 Å². The maximum atomic E-state index is 12.4. The van der Waals surface area contributed by atoms with Crippen molar-refractivity contribution < 1.29 is 39.9 Å². The van der Waals surface area contributed by atoms with Crippen molar-refractivity contribution in [3.63, 3.8) is 0 Å². The quantitative estimate of drug-likeness (QED) is 0.299. The highest BCUT2D eigenvalue weighted by Crippen LogP contribution is 2.15.